The molecule has 7 heteroatoms. The molecule has 0 radical (unpaired) electrons. The fraction of sp³-hybridized carbons (Fsp3) is 0.0833. The Morgan fingerprint density at radius 2 is 2.16 bits per heavy atom. The van der Waals surface area contributed by atoms with Crippen molar-refractivity contribution < 1.29 is 9.18 Å². The van der Waals surface area contributed by atoms with E-state index in [4.69, 9.17) is 0 Å². The van der Waals surface area contributed by atoms with Crippen molar-refractivity contribution in [2.45, 2.75) is 0 Å². The fourth-order valence-electron chi connectivity index (χ4n) is 1.36. The lowest BCUT2D eigenvalue weighted by Crippen LogP contribution is -2.14. The molecule has 0 aliphatic carbocycles. The standard InChI is InChI=1S/C12H10BrFN4O/c1-15-11-6-16-5-10(18-11)12(19)17-7-2-3-8(13)9(14)4-7/h2-6H,1H3,(H,15,18)(H,17,19). The van der Waals surface area contributed by atoms with Crippen molar-refractivity contribution in [2.75, 3.05) is 17.7 Å². The molecule has 1 heterocycles. The summed E-state index contributed by atoms with van der Waals surface area (Å²) >= 11 is 3.04. The van der Waals surface area contributed by atoms with Crippen LogP contribution in [0.1, 0.15) is 10.5 Å². The predicted molar refractivity (Wildman–Crippen MR) is 73.6 cm³/mol. The number of benzene rings is 1. The SMILES string of the molecule is CNc1cncc(C(=O)Nc2ccc(Br)c(F)c2)n1. The van der Waals surface area contributed by atoms with Crippen LogP contribution >= 0.6 is 15.9 Å². The molecule has 0 aliphatic heterocycles. The van der Waals surface area contributed by atoms with Crippen molar-refractivity contribution in [3.63, 3.8) is 0 Å². The molecule has 2 aromatic rings. The first kappa shape index (κ1) is 13.4. The average Bonchev–Trinajstić information content (AvgIpc) is 2.43. The van der Waals surface area contributed by atoms with E-state index in [2.05, 4.69) is 36.5 Å². The normalized spacial score (nSPS) is 10.1. The second kappa shape index (κ2) is 5.75. The number of rotatable bonds is 3. The quantitative estimate of drug-likeness (QED) is 0.910. The van der Waals surface area contributed by atoms with Crippen LogP contribution < -0.4 is 10.6 Å². The van der Waals surface area contributed by atoms with Gasteiger partial charge in [-0.2, -0.15) is 0 Å². The van der Waals surface area contributed by atoms with E-state index in [1.165, 1.54) is 24.5 Å². The Morgan fingerprint density at radius 1 is 1.37 bits per heavy atom. The number of carbonyl (C=O) groups is 1. The van der Waals surface area contributed by atoms with Gasteiger partial charge in [0, 0.05) is 12.7 Å². The van der Waals surface area contributed by atoms with Gasteiger partial charge in [-0.05, 0) is 34.1 Å². The molecule has 98 valence electrons. The summed E-state index contributed by atoms with van der Waals surface area (Å²) in [6.07, 6.45) is 2.83. The van der Waals surface area contributed by atoms with Crippen LogP contribution in [0.3, 0.4) is 0 Å². The van der Waals surface area contributed by atoms with Crippen LogP contribution in [-0.2, 0) is 0 Å². The van der Waals surface area contributed by atoms with Crippen LogP contribution in [-0.4, -0.2) is 22.9 Å². The zero-order valence-electron chi connectivity index (χ0n) is 9.95. The summed E-state index contributed by atoms with van der Waals surface area (Å²) in [6.45, 7) is 0. The van der Waals surface area contributed by atoms with Crippen LogP contribution in [0.25, 0.3) is 0 Å². The van der Waals surface area contributed by atoms with Crippen LogP contribution in [0.2, 0.25) is 0 Å². The molecular formula is C12H10BrFN4O. The van der Waals surface area contributed by atoms with E-state index in [1.54, 1.807) is 13.1 Å². The maximum absolute atomic E-state index is 13.3. The third-order valence-electron chi connectivity index (χ3n) is 2.30. The van der Waals surface area contributed by atoms with Gasteiger partial charge in [0.1, 0.15) is 17.3 Å². The van der Waals surface area contributed by atoms with Crippen molar-refractivity contribution in [1.82, 2.24) is 9.97 Å². The van der Waals surface area contributed by atoms with Crippen LogP contribution in [0.5, 0.6) is 0 Å². The summed E-state index contributed by atoms with van der Waals surface area (Å²) in [7, 11) is 1.68. The molecule has 1 amide bonds. The first-order valence-electron chi connectivity index (χ1n) is 5.36. The zero-order valence-corrected chi connectivity index (χ0v) is 11.5. The number of aromatic nitrogens is 2. The molecule has 0 saturated carbocycles. The van der Waals surface area contributed by atoms with Gasteiger partial charge in [0.25, 0.3) is 5.91 Å². The minimum atomic E-state index is -0.452. The number of carbonyl (C=O) groups excluding carboxylic acids is 1. The first-order chi connectivity index (χ1) is 9.10. The highest BCUT2D eigenvalue weighted by molar-refractivity contribution is 9.10. The predicted octanol–water partition coefficient (Wildman–Crippen LogP) is 2.67. The van der Waals surface area contributed by atoms with Gasteiger partial charge in [0.2, 0.25) is 0 Å². The number of halogens is 2. The average molecular weight is 325 g/mol. The van der Waals surface area contributed by atoms with Crippen LogP contribution in [0.4, 0.5) is 15.9 Å². The lowest BCUT2D eigenvalue weighted by Gasteiger charge is -2.06. The molecule has 0 unspecified atom stereocenters. The molecule has 0 atom stereocenters. The van der Waals surface area contributed by atoms with Gasteiger partial charge in [0.15, 0.2) is 0 Å². The molecule has 2 rings (SSSR count). The molecular weight excluding hydrogens is 315 g/mol. The number of hydrogen-bond donors (Lipinski definition) is 2. The van der Waals surface area contributed by atoms with E-state index < -0.39 is 11.7 Å². The summed E-state index contributed by atoms with van der Waals surface area (Å²) in [5.74, 6) is -0.422. The summed E-state index contributed by atoms with van der Waals surface area (Å²) in [4.78, 5) is 19.8. The molecule has 0 aliphatic rings. The maximum Gasteiger partial charge on any atom is 0.275 e. The van der Waals surface area contributed by atoms with Gasteiger partial charge in [-0.1, -0.05) is 0 Å². The second-order valence-corrected chi connectivity index (χ2v) is 4.48. The number of hydrogen-bond acceptors (Lipinski definition) is 4. The Bertz CT molecular complexity index is 620. The van der Waals surface area contributed by atoms with Gasteiger partial charge in [-0.3, -0.25) is 9.78 Å². The highest BCUT2D eigenvalue weighted by atomic mass is 79.9. The summed E-state index contributed by atoms with van der Waals surface area (Å²) in [6, 6.07) is 4.32. The van der Waals surface area contributed by atoms with Gasteiger partial charge in [-0.15, -0.1) is 0 Å². The second-order valence-electron chi connectivity index (χ2n) is 3.62. The molecule has 0 fully saturated rings. The lowest BCUT2D eigenvalue weighted by molar-refractivity contribution is 0.102. The van der Waals surface area contributed by atoms with E-state index >= 15 is 0 Å². The molecule has 0 saturated heterocycles. The molecule has 1 aromatic carbocycles. The highest BCUT2D eigenvalue weighted by Crippen LogP contribution is 2.19. The van der Waals surface area contributed by atoms with E-state index in [0.29, 0.717) is 16.0 Å². The minimum absolute atomic E-state index is 0.148. The van der Waals surface area contributed by atoms with E-state index in [0.717, 1.165) is 0 Å². The van der Waals surface area contributed by atoms with Crippen molar-refractivity contribution in [3.8, 4) is 0 Å². The molecule has 2 N–H and O–H groups in total. The maximum atomic E-state index is 13.3. The fourth-order valence-corrected chi connectivity index (χ4v) is 1.61. The van der Waals surface area contributed by atoms with Crippen molar-refractivity contribution in [3.05, 3.63) is 46.6 Å². The summed E-state index contributed by atoms with van der Waals surface area (Å²) in [5, 5.41) is 5.33. The van der Waals surface area contributed by atoms with E-state index in [9.17, 15) is 9.18 Å². The Hall–Kier alpha value is -2.02. The smallest absolute Gasteiger partial charge is 0.275 e. The highest BCUT2D eigenvalue weighted by Gasteiger charge is 2.10. The minimum Gasteiger partial charge on any atom is -0.372 e. The monoisotopic (exact) mass is 324 g/mol. The summed E-state index contributed by atoms with van der Waals surface area (Å²) in [5.41, 5.74) is 0.498. The molecule has 19 heavy (non-hydrogen) atoms. The summed E-state index contributed by atoms with van der Waals surface area (Å²) < 4.78 is 13.7. The van der Waals surface area contributed by atoms with Crippen LogP contribution in [0, 0.1) is 5.82 Å². The third-order valence-corrected chi connectivity index (χ3v) is 2.94. The topological polar surface area (TPSA) is 66.9 Å². The number of nitrogens with zero attached hydrogens (tertiary/aromatic N) is 2. The van der Waals surface area contributed by atoms with Gasteiger partial charge in [0.05, 0.1) is 16.9 Å². The van der Waals surface area contributed by atoms with Crippen molar-refractivity contribution in [1.29, 1.82) is 0 Å². The van der Waals surface area contributed by atoms with Crippen molar-refractivity contribution >= 4 is 33.3 Å². The van der Waals surface area contributed by atoms with Gasteiger partial charge < -0.3 is 10.6 Å². The zero-order chi connectivity index (χ0) is 13.8. The Labute approximate surface area is 117 Å². The Morgan fingerprint density at radius 3 is 2.84 bits per heavy atom. The largest absolute Gasteiger partial charge is 0.372 e. The molecule has 0 bridgehead atoms. The third kappa shape index (κ3) is 3.25. The van der Waals surface area contributed by atoms with Gasteiger partial charge in [-0.25, -0.2) is 9.37 Å². The van der Waals surface area contributed by atoms with Crippen molar-refractivity contribution in [2.24, 2.45) is 0 Å². The van der Waals surface area contributed by atoms with Gasteiger partial charge >= 0.3 is 0 Å². The lowest BCUT2D eigenvalue weighted by atomic mass is 10.3. The number of anilines is 2. The van der Waals surface area contributed by atoms with E-state index in [-0.39, 0.29) is 5.69 Å². The molecule has 5 nitrogen and oxygen atoms in total. The number of nitrogens with one attached hydrogen (secondary N) is 2. The first-order valence-corrected chi connectivity index (χ1v) is 6.15. The molecule has 0 spiro atoms. The van der Waals surface area contributed by atoms with Crippen LogP contribution in [0.15, 0.2) is 35.1 Å². The number of amides is 1. The molecule has 1 aromatic heterocycles. The Balaban J connectivity index is 2.18. The Kier molecular flexibility index (Phi) is 4.06. The van der Waals surface area contributed by atoms with E-state index in [1.807, 2.05) is 0 Å².